The van der Waals surface area contributed by atoms with E-state index in [1.54, 1.807) is 0 Å². The molecule has 2 aliphatic carbocycles. The van der Waals surface area contributed by atoms with Crippen LogP contribution in [0.4, 0.5) is 0 Å². The molecule has 2 saturated carbocycles. The summed E-state index contributed by atoms with van der Waals surface area (Å²) < 4.78 is 11.2. The fourth-order valence-corrected chi connectivity index (χ4v) is 5.49. The van der Waals surface area contributed by atoms with Crippen molar-refractivity contribution in [3.63, 3.8) is 0 Å². The van der Waals surface area contributed by atoms with Gasteiger partial charge >= 0.3 is 0 Å². The number of carbonyl (C=O) groups excluding carboxylic acids is 1. The van der Waals surface area contributed by atoms with Gasteiger partial charge in [-0.1, -0.05) is 6.42 Å². The molecule has 3 heterocycles. The van der Waals surface area contributed by atoms with Crippen molar-refractivity contribution in [2.45, 2.75) is 50.7 Å². The van der Waals surface area contributed by atoms with Gasteiger partial charge in [0.1, 0.15) is 6.10 Å². The lowest BCUT2D eigenvalue weighted by Gasteiger charge is -2.40. The van der Waals surface area contributed by atoms with Gasteiger partial charge < -0.3 is 14.1 Å². The van der Waals surface area contributed by atoms with Crippen LogP contribution in [-0.4, -0.2) is 59.5 Å². The Labute approximate surface area is 148 Å². The van der Waals surface area contributed by atoms with Crippen molar-refractivity contribution in [2.24, 2.45) is 11.8 Å². The van der Waals surface area contributed by atoms with E-state index in [0.29, 0.717) is 11.5 Å². The van der Waals surface area contributed by atoms with E-state index in [1.165, 1.54) is 32.1 Å². The molecule has 2 bridgehead atoms. The molecule has 136 valence electrons. The Morgan fingerprint density at radius 3 is 2.68 bits per heavy atom. The van der Waals surface area contributed by atoms with E-state index >= 15 is 0 Å². The number of aromatic nitrogens is 1. The Morgan fingerprint density at radius 2 is 2.00 bits per heavy atom. The molecule has 4 fully saturated rings. The Morgan fingerprint density at radius 1 is 1.12 bits per heavy atom. The van der Waals surface area contributed by atoms with Crippen LogP contribution in [0.2, 0.25) is 0 Å². The maximum Gasteiger partial charge on any atom is 0.276 e. The third kappa shape index (κ3) is 2.79. The Kier molecular flexibility index (Phi) is 4.05. The lowest BCUT2D eigenvalue weighted by atomic mass is 9.93. The second kappa shape index (κ2) is 6.40. The van der Waals surface area contributed by atoms with Gasteiger partial charge in [0.05, 0.1) is 0 Å². The first kappa shape index (κ1) is 15.8. The normalized spacial score (nSPS) is 35.6. The van der Waals surface area contributed by atoms with Crippen molar-refractivity contribution < 1.29 is 13.9 Å². The molecule has 2 saturated heterocycles. The monoisotopic (exact) mass is 345 g/mol. The van der Waals surface area contributed by atoms with Gasteiger partial charge in [-0.15, -0.1) is 0 Å². The molecule has 5 rings (SSSR count). The van der Waals surface area contributed by atoms with E-state index in [0.717, 1.165) is 63.5 Å². The summed E-state index contributed by atoms with van der Waals surface area (Å²) in [6, 6.07) is 0.769. The van der Waals surface area contributed by atoms with Crippen LogP contribution in [-0.2, 0) is 4.74 Å². The van der Waals surface area contributed by atoms with Crippen LogP contribution in [0.15, 0.2) is 10.8 Å². The number of hydrogen-bond acceptors (Lipinski definition) is 5. The SMILES string of the molecule is O=C(c1ncoc1C1CCCO1)N1CCN(C2CC3CCC2C3)CC1. The predicted molar refractivity (Wildman–Crippen MR) is 91.1 cm³/mol. The van der Waals surface area contributed by atoms with Gasteiger partial charge in [-0.2, -0.15) is 0 Å². The van der Waals surface area contributed by atoms with Crippen LogP contribution in [0.3, 0.4) is 0 Å². The number of nitrogens with zero attached hydrogens (tertiary/aromatic N) is 3. The van der Waals surface area contributed by atoms with Crippen LogP contribution < -0.4 is 0 Å². The Bertz CT molecular complexity index is 632. The van der Waals surface area contributed by atoms with Gasteiger partial charge in [-0.3, -0.25) is 9.69 Å². The lowest BCUT2D eigenvalue weighted by Crippen LogP contribution is -2.53. The molecule has 4 unspecified atom stereocenters. The summed E-state index contributed by atoms with van der Waals surface area (Å²) in [4.78, 5) is 21.7. The van der Waals surface area contributed by atoms with Crippen molar-refractivity contribution in [3.05, 3.63) is 17.8 Å². The average molecular weight is 345 g/mol. The Balaban J connectivity index is 1.22. The van der Waals surface area contributed by atoms with Crippen LogP contribution >= 0.6 is 0 Å². The number of oxazole rings is 1. The fraction of sp³-hybridized carbons (Fsp3) is 0.789. The van der Waals surface area contributed by atoms with Gasteiger partial charge in [0.25, 0.3) is 5.91 Å². The Hall–Kier alpha value is -1.40. The molecular formula is C19H27N3O3. The van der Waals surface area contributed by atoms with Crippen molar-refractivity contribution in [2.75, 3.05) is 32.8 Å². The standard InChI is InChI=1S/C19H27N3O3/c23-19(17-18(25-12-20-17)16-2-1-9-24-16)22-7-5-21(6-8-22)15-11-13-3-4-14(15)10-13/h12-16H,1-11H2. The van der Waals surface area contributed by atoms with Gasteiger partial charge in [0.2, 0.25) is 0 Å². The second-order valence-electron chi connectivity index (χ2n) is 8.14. The lowest BCUT2D eigenvalue weighted by molar-refractivity contribution is 0.0478. The molecule has 0 spiro atoms. The topological polar surface area (TPSA) is 58.8 Å². The smallest absolute Gasteiger partial charge is 0.276 e. The molecule has 25 heavy (non-hydrogen) atoms. The second-order valence-corrected chi connectivity index (χ2v) is 8.14. The molecule has 1 aromatic heterocycles. The van der Waals surface area contributed by atoms with Gasteiger partial charge in [0.15, 0.2) is 17.8 Å². The summed E-state index contributed by atoms with van der Waals surface area (Å²) in [6.45, 7) is 4.32. The molecule has 4 aliphatic rings. The van der Waals surface area contributed by atoms with Crippen LogP contribution in [0.25, 0.3) is 0 Å². The average Bonchev–Trinajstić information content (AvgIpc) is 3.45. The maximum absolute atomic E-state index is 12.9. The van der Waals surface area contributed by atoms with E-state index in [9.17, 15) is 4.79 Å². The molecule has 0 aromatic carbocycles. The molecule has 1 aromatic rings. The summed E-state index contributed by atoms with van der Waals surface area (Å²) in [5.74, 6) is 2.51. The molecule has 2 aliphatic heterocycles. The first-order chi connectivity index (χ1) is 12.3. The number of amides is 1. The first-order valence-corrected chi connectivity index (χ1v) is 9.88. The van der Waals surface area contributed by atoms with Crippen LogP contribution in [0.1, 0.15) is 60.9 Å². The van der Waals surface area contributed by atoms with Crippen molar-refractivity contribution in [3.8, 4) is 0 Å². The van der Waals surface area contributed by atoms with Crippen molar-refractivity contribution in [1.29, 1.82) is 0 Å². The zero-order chi connectivity index (χ0) is 16.8. The highest BCUT2D eigenvalue weighted by molar-refractivity contribution is 5.93. The zero-order valence-electron chi connectivity index (χ0n) is 14.7. The number of piperazine rings is 1. The van der Waals surface area contributed by atoms with E-state index in [1.807, 2.05) is 4.90 Å². The van der Waals surface area contributed by atoms with E-state index in [4.69, 9.17) is 9.15 Å². The van der Waals surface area contributed by atoms with Crippen molar-refractivity contribution >= 4 is 5.91 Å². The highest BCUT2D eigenvalue weighted by atomic mass is 16.5. The number of fused-ring (bicyclic) bond motifs is 2. The van der Waals surface area contributed by atoms with Gasteiger partial charge in [-0.05, 0) is 43.9 Å². The largest absolute Gasteiger partial charge is 0.445 e. The number of carbonyl (C=O) groups is 1. The van der Waals surface area contributed by atoms with E-state index in [-0.39, 0.29) is 12.0 Å². The summed E-state index contributed by atoms with van der Waals surface area (Å²) in [7, 11) is 0. The minimum Gasteiger partial charge on any atom is -0.445 e. The third-order valence-electron chi connectivity index (χ3n) is 6.79. The highest BCUT2D eigenvalue weighted by Crippen LogP contribution is 2.46. The predicted octanol–water partition coefficient (Wildman–Crippen LogP) is 2.47. The summed E-state index contributed by atoms with van der Waals surface area (Å²) >= 11 is 0. The minimum atomic E-state index is -0.100. The van der Waals surface area contributed by atoms with Crippen molar-refractivity contribution in [1.82, 2.24) is 14.8 Å². The minimum absolute atomic E-state index is 0.00634. The number of hydrogen-bond donors (Lipinski definition) is 0. The third-order valence-corrected chi connectivity index (χ3v) is 6.79. The highest BCUT2D eigenvalue weighted by Gasteiger charge is 2.43. The number of ether oxygens (including phenoxy) is 1. The molecule has 6 nitrogen and oxygen atoms in total. The van der Waals surface area contributed by atoms with Crippen LogP contribution in [0.5, 0.6) is 0 Å². The molecule has 6 heteroatoms. The number of rotatable bonds is 3. The fourth-order valence-electron chi connectivity index (χ4n) is 5.49. The molecule has 1 amide bonds. The quantitative estimate of drug-likeness (QED) is 0.842. The summed E-state index contributed by atoms with van der Waals surface area (Å²) in [6.07, 6.45) is 8.88. The molecule has 0 radical (unpaired) electrons. The van der Waals surface area contributed by atoms with Crippen LogP contribution in [0, 0.1) is 11.8 Å². The zero-order valence-corrected chi connectivity index (χ0v) is 14.7. The van der Waals surface area contributed by atoms with Gasteiger partial charge in [0, 0.05) is 38.8 Å². The maximum atomic E-state index is 12.9. The van der Waals surface area contributed by atoms with Gasteiger partial charge in [-0.25, -0.2) is 4.98 Å². The molecular weight excluding hydrogens is 318 g/mol. The van der Waals surface area contributed by atoms with E-state index in [2.05, 4.69) is 9.88 Å². The molecule has 4 atom stereocenters. The molecule has 0 N–H and O–H groups in total. The summed E-state index contributed by atoms with van der Waals surface area (Å²) in [5, 5.41) is 0. The first-order valence-electron chi connectivity index (χ1n) is 9.88. The summed E-state index contributed by atoms with van der Waals surface area (Å²) in [5.41, 5.74) is 0.459. The van der Waals surface area contributed by atoms with E-state index < -0.39 is 0 Å².